The molecule has 42 heavy (non-hydrogen) atoms. The molecule has 0 heterocycles. The molecule has 0 spiro atoms. The summed E-state index contributed by atoms with van der Waals surface area (Å²) < 4.78 is 29.9. The number of anilines is 1. The average molecular weight is 649 g/mol. The lowest BCUT2D eigenvalue weighted by molar-refractivity contribution is -0.140. The van der Waals surface area contributed by atoms with Crippen molar-refractivity contribution in [2.45, 2.75) is 37.8 Å². The smallest absolute Gasteiger partial charge is 0.264 e. The number of amides is 2. The number of nitrogens with one attached hydrogen (secondary N) is 1. The number of sulfonamides is 1. The Hall–Kier alpha value is -3.95. The van der Waals surface area contributed by atoms with Gasteiger partial charge < -0.3 is 10.2 Å². The molecule has 4 aromatic carbocycles. The Morgan fingerprint density at radius 1 is 0.833 bits per heavy atom. The van der Waals surface area contributed by atoms with Crippen molar-refractivity contribution in [1.29, 1.82) is 0 Å². The Balaban J connectivity index is 1.78. The van der Waals surface area contributed by atoms with Gasteiger partial charge in [0.2, 0.25) is 11.8 Å². The van der Waals surface area contributed by atoms with Crippen LogP contribution >= 0.6 is 15.9 Å². The Kier molecular flexibility index (Phi) is 10.5. The average Bonchev–Trinajstić information content (AvgIpc) is 2.99. The van der Waals surface area contributed by atoms with E-state index in [-0.39, 0.29) is 23.8 Å². The van der Waals surface area contributed by atoms with Crippen LogP contribution in [-0.2, 0) is 32.6 Å². The van der Waals surface area contributed by atoms with Crippen molar-refractivity contribution in [3.63, 3.8) is 0 Å². The zero-order chi connectivity index (χ0) is 30.1. The second-order valence-corrected chi connectivity index (χ2v) is 12.7. The van der Waals surface area contributed by atoms with E-state index < -0.39 is 28.5 Å². The van der Waals surface area contributed by atoms with Crippen LogP contribution in [0, 0.1) is 6.92 Å². The highest BCUT2D eigenvalue weighted by atomic mass is 79.9. The molecule has 0 aliphatic rings. The van der Waals surface area contributed by atoms with Gasteiger partial charge in [0, 0.05) is 24.0 Å². The van der Waals surface area contributed by atoms with Crippen molar-refractivity contribution in [2.75, 3.05) is 17.4 Å². The van der Waals surface area contributed by atoms with Gasteiger partial charge in [0.15, 0.2) is 0 Å². The highest BCUT2D eigenvalue weighted by Crippen LogP contribution is 2.26. The SMILES string of the molecule is CCNC(=O)[C@H](Cc1ccccc1)N(Cc1ccc(Br)cc1)C(=O)CN(c1cccc(C)c1)S(=O)(=O)c1ccccc1. The molecule has 0 aliphatic heterocycles. The minimum atomic E-state index is -4.11. The molecule has 0 bridgehead atoms. The van der Waals surface area contributed by atoms with Crippen molar-refractivity contribution in [3.05, 3.63) is 130 Å². The summed E-state index contributed by atoms with van der Waals surface area (Å²) in [5.41, 5.74) is 2.91. The molecule has 0 fully saturated rings. The molecule has 2 amide bonds. The summed E-state index contributed by atoms with van der Waals surface area (Å²) in [7, 11) is -4.11. The monoisotopic (exact) mass is 647 g/mol. The van der Waals surface area contributed by atoms with Gasteiger partial charge in [-0.3, -0.25) is 13.9 Å². The van der Waals surface area contributed by atoms with E-state index in [0.717, 1.165) is 25.5 Å². The molecule has 7 nitrogen and oxygen atoms in total. The highest BCUT2D eigenvalue weighted by molar-refractivity contribution is 9.10. The minimum Gasteiger partial charge on any atom is -0.355 e. The number of rotatable bonds is 12. The van der Waals surface area contributed by atoms with E-state index in [9.17, 15) is 18.0 Å². The van der Waals surface area contributed by atoms with Gasteiger partial charge in [0.05, 0.1) is 10.6 Å². The molecule has 0 radical (unpaired) electrons. The van der Waals surface area contributed by atoms with Crippen molar-refractivity contribution < 1.29 is 18.0 Å². The van der Waals surface area contributed by atoms with Crippen LogP contribution in [-0.4, -0.2) is 44.3 Å². The number of carbonyl (C=O) groups excluding carboxylic acids is 2. The molecule has 218 valence electrons. The topological polar surface area (TPSA) is 86.8 Å². The van der Waals surface area contributed by atoms with Crippen LogP contribution in [0.4, 0.5) is 5.69 Å². The molecule has 4 aromatic rings. The Morgan fingerprint density at radius 3 is 2.10 bits per heavy atom. The van der Waals surface area contributed by atoms with Gasteiger partial charge in [-0.25, -0.2) is 8.42 Å². The predicted octanol–water partition coefficient (Wildman–Crippen LogP) is 5.73. The van der Waals surface area contributed by atoms with E-state index >= 15 is 0 Å². The van der Waals surface area contributed by atoms with Gasteiger partial charge in [-0.2, -0.15) is 0 Å². The first-order valence-corrected chi connectivity index (χ1v) is 15.9. The molecule has 9 heteroatoms. The van der Waals surface area contributed by atoms with Crippen LogP contribution in [0.25, 0.3) is 0 Å². The number of benzene rings is 4. The first-order chi connectivity index (χ1) is 20.2. The molecular weight excluding hydrogens is 614 g/mol. The molecule has 0 aliphatic carbocycles. The molecule has 1 atom stereocenters. The van der Waals surface area contributed by atoms with Crippen LogP contribution in [0.5, 0.6) is 0 Å². The second kappa shape index (κ2) is 14.3. The fourth-order valence-corrected chi connectivity index (χ4v) is 6.36. The molecule has 0 unspecified atom stereocenters. The fourth-order valence-electron chi connectivity index (χ4n) is 4.66. The van der Waals surface area contributed by atoms with E-state index in [1.54, 1.807) is 36.4 Å². The van der Waals surface area contributed by atoms with Crippen molar-refractivity contribution in [3.8, 4) is 0 Å². The van der Waals surface area contributed by atoms with E-state index in [1.807, 2.05) is 74.5 Å². The summed E-state index contributed by atoms with van der Waals surface area (Å²) in [6.45, 7) is 3.71. The van der Waals surface area contributed by atoms with Crippen molar-refractivity contribution in [2.24, 2.45) is 0 Å². The number of hydrogen-bond acceptors (Lipinski definition) is 4. The zero-order valence-corrected chi connectivity index (χ0v) is 26.0. The maximum Gasteiger partial charge on any atom is 0.264 e. The minimum absolute atomic E-state index is 0.0725. The predicted molar refractivity (Wildman–Crippen MR) is 169 cm³/mol. The lowest BCUT2D eigenvalue weighted by atomic mass is 10.0. The maximum atomic E-state index is 14.3. The van der Waals surface area contributed by atoms with E-state index in [2.05, 4.69) is 21.2 Å². The molecule has 1 N–H and O–H groups in total. The Bertz CT molecular complexity index is 1600. The summed E-state index contributed by atoms with van der Waals surface area (Å²) in [4.78, 5) is 29.4. The van der Waals surface area contributed by atoms with Crippen LogP contribution in [0.1, 0.15) is 23.6 Å². The third-order valence-electron chi connectivity index (χ3n) is 6.79. The van der Waals surface area contributed by atoms with Crippen LogP contribution in [0.3, 0.4) is 0 Å². The molecule has 0 aromatic heterocycles. The number of likely N-dealkylation sites (N-methyl/N-ethyl adjacent to an activating group) is 1. The molecule has 4 rings (SSSR count). The highest BCUT2D eigenvalue weighted by Gasteiger charge is 2.34. The second-order valence-electron chi connectivity index (χ2n) is 9.91. The zero-order valence-electron chi connectivity index (χ0n) is 23.6. The lowest BCUT2D eigenvalue weighted by Gasteiger charge is -2.34. The van der Waals surface area contributed by atoms with Gasteiger partial charge in [0.25, 0.3) is 10.0 Å². The van der Waals surface area contributed by atoms with Gasteiger partial charge in [-0.05, 0) is 66.9 Å². The van der Waals surface area contributed by atoms with Crippen LogP contribution in [0.15, 0.2) is 119 Å². The van der Waals surface area contributed by atoms with E-state index in [4.69, 9.17) is 0 Å². The number of hydrogen-bond donors (Lipinski definition) is 1. The van der Waals surface area contributed by atoms with Crippen molar-refractivity contribution in [1.82, 2.24) is 10.2 Å². The third-order valence-corrected chi connectivity index (χ3v) is 9.10. The number of nitrogens with zero attached hydrogens (tertiary/aromatic N) is 2. The van der Waals surface area contributed by atoms with E-state index in [1.165, 1.54) is 17.0 Å². The normalized spacial score (nSPS) is 11.9. The van der Waals surface area contributed by atoms with Gasteiger partial charge in [-0.1, -0.05) is 88.7 Å². The summed E-state index contributed by atoms with van der Waals surface area (Å²) >= 11 is 3.45. The fraction of sp³-hybridized carbons (Fsp3) is 0.212. The standard InChI is InChI=1S/C33H34BrN3O4S/c1-3-35-33(39)31(22-26-12-6-4-7-13-26)36(23-27-17-19-28(34)20-18-27)32(38)24-37(29-14-10-11-25(2)21-29)42(40,41)30-15-8-5-9-16-30/h4-21,31H,3,22-24H2,1-2H3,(H,35,39)/t31-/m0/s1. The quantitative estimate of drug-likeness (QED) is 0.213. The van der Waals surface area contributed by atoms with Crippen LogP contribution in [0.2, 0.25) is 0 Å². The van der Waals surface area contributed by atoms with E-state index in [0.29, 0.717) is 12.2 Å². The summed E-state index contributed by atoms with van der Waals surface area (Å²) in [5.74, 6) is -0.800. The summed E-state index contributed by atoms with van der Waals surface area (Å²) in [6.07, 6.45) is 0.269. The third kappa shape index (κ3) is 7.86. The summed E-state index contributed by atoms with van der Waals surface area (Å²) in [5, 5.41) is 2.87. The Labute approximate surface area is 256 Å². The molecular formula is C33H34BrN3O4S. The Morgan fingerprint density at radius 2 is 1.48 bits per heavy atom. The summed E-state index contributed by atoms with van der Waals surface area (Å²) in [6, 6.07) is 31.2. The number of halogens is 1. The number of carbonyl (C=O) groups is 2. The largest absolute Gasteiger partial charge is 0.355 e. The first kappa shape index (κ1) is 31.0. The van der Waals surface area contributed by atoms with Crippen molar-refractivity contribution >= 4 is 43.5 Å². The molecule has 0 saturated carbocycles. The van der Waals surface area contributed by atoms with Gasteiger partial charge >= 0.3 is 0 Å². The first-order valence-electron chi connectivity index (χ1n) is 13.7. The lowest BCUT2D eigenvalue weighted by Crippen LogP contribution is -2.53. The number of aryl methyl sites for hydroxylation is 1. The maximum absolute atomic E-state index is 14.3. The van der Waals surface area contributed by atoms with Gasteiger partial charge in [-0.15, -0.1) is 0 Å². The van der Waals surface area contributed by atoms with Gasteiger partial charge in [0.1, 0.15) is 12.6 Å². The van der Waals surface area contributed by atoms with Crippen LogP contribution < -0.4 is 9.62 Å². The molecule has 0 saturated heterocycles.